The van der Waals surface area contributed by atoms with E-state index in [2.05, 4.69) is 16.7 Å². The largest absolute Gasteiger partial charge is 0.494 e. The molecule has 170 valence electrons. The lowest BCUT2D eigenvalue weighted by molar-refractivity contribution is -0.136. The molecule has 0 spiro atoms. The number of hydrogen-bond donors (Lipinski definition) is 2. The van der Waals surface area contributed by atoms with Crippen LogP contribution in [0, 0.1) is 0 Å². The van der Waals surface area contributed by atoms with Gasteiger partial charge in [-0.05, 0) is 56.7 Å². The molecule has 0 saturated heterocycles. The van der Waals surface area contributed by atoms with Crippen LogP contribution >= 0.6 is 0 Å². The highest BCUT2D eigenvalue weighted by Gasteiger charge is 2.42. The van der Waals surface area contributed by atoms with E-state index in [9.17, 15) is 14.4 Å². The number of rotatable bonds is 8. The SMILES string of the molecule is CCOc1ccc([C@@H]2NC(=O)N(CC(=O)NCCC3=CCCCC3)C3=C2C(=O)OC3)cc1. The summed E-state index contributed by atoms with van der Waals surface area (Å²) in [4.78, 5) is 39.1. The maximum Gasteiger partial charge on any atom is 0.338 e. The number of allylic oxidation sites excluding steroid dienone is 1. The molecule has 1 aromatic carbocycles. The number of benzene rings is 1. The van der Waals surface area contributed by atoms with Crippen molar-refractivity contribution >= 4 is 17.9 Å². The van der Waals surface area contributed by atoms with Crippen LogP contribution in [-0.2, 0) is 14.3 Å². The van der Waals surface area contributed by atoms with Crippen LogP contribution < -0.4 is 15.4 Å². The van der Waals surface area contributed by atoms with E-state index < -0.39 is 18.0 Å². The number of amides is 3. The van der Waals surface area contributed by atoms with Crippen molar-refractivity contribution in [3.8, 4) is 5.75 Å². The van der Waals surface area contributed by atoms with Crippen LogP contribution in [0.1, 0.15) is 50.6 Å². The molecule has 1 aromatic rings. The van der Waals surface area contributed by atoms with Gasteiger partial charge in [0.1, 0.15) is 18.9 Å². The van der Waals surface area contributed by atoms with Gasteiger partial charge in [-0.15, -0.1) is 0 Å². The third kappa shape index (κ3) is 4.79. The van der Waals surface area contributed by atoms with Crippen LogP contribution in [0.2, 0.25) is 0 Å². The first kappa shape index (κ1) is 21.9. The highest BCUT2D eigenvalue weighted by atomic mass is 16.5. The van der Waals surface area contributed by atoms with Crippen molar-refractivity contribution < 1.29 is 23.9 Å². The standard InChI is InChI=1S/C24H29N3O5/c1-2-31-18-10-8-17(9-11-18)22-21-19(15-32-23(21)29)27(24(30)26-22)14-20(28)25-13-12-16-6-4-3-5-7-16/h6,8-11,22H,2-5,7,12-15H2,1H3,(H,25,28)(H,26,30)/t22-/m0/s1. The Bertz CT molecular complexity index is 951. The summed E-state index contributed by atoms with van der Waals surface area (Å²) < 4.78 is 10.7. The number of carbonyl (C=O) groups is 3. The second-order valence-corrected chi connectivity index (χ2v) is 8.12. The normalized spacial score (nSPS) is 20.3. The van der Waals surface area contributed by atoms with Gasteiger partial charge in [-0.3, -0.25) is 9.69 Å². The molecule has 0 bridgehead atoms. The summed E-state index contributed by atoms with van der Waals surface area (Å²) in [5.74, 6) is -0.0281. The summed E-state index contributed by atoms with van der Waals surface area (Å²) >= 11 is 0. The van der Waals surface area contributed by atoms with Gasteiger partial charge >= 0.3 is 12.0 Å². The Kier molecular flexibility index (Phi) is 6.78. The summed E-state index contributed by atoms with van der Waals surface area (Å²) in [6, 6.07) is 6.18. The minimum absolute atomic E-state index is 0.0186. The van der Waals surface area contributed by atoms with Crippen molar-refractivity contribution in [1.82, 2.24) is 15.5 Å². The second-order valence-electron chi connectivity index (χ2n) is 8.12. The molecule has 3 amide bonds. The summed E-state index contributed by atoms with van der Waals surface area (Å²) in [6.07, 6.45) is 7.72. The van der Waals surface area contributed by atoms with E-state index >= 15 is 0 Å². The lowest BCUT2D eigenvalue weighted by Gasteiger charge is -2.32. The number of nitrogens with zero attached hydrogens (tertiary/aromatic N) is 1. The maximum atomic E-state index is 12.9. The van der Waals surface area contributed by atoms with Gasteiger partial charge < -0.3 is 20.1 Å². The molecule has 0 aromatic heterocycles. The lowest BCUT2D eigenvalue weighted by Crippen LogP contribution is -2.50. The topological polar surface area (TPSA) is 97.0 Å². The average molecular weight is 440 g/mol. The van der Waals surface area contributed by atoms with Gasteiger partial charge in [-0.25, -0.2) is 9.59 Å². The van der Waals surface area contributed by atoms with Crippen LogP contribution in [0.25, 0.3) is 0 Å². The predicted molar refractivity (Wildman–Crippen MR) is 118 cm³/mol. The molecule has 3 aliphatic rings. The van der Waals surface area contributed by atoms with Crippen molar-refractivity contribution in [2.45, 2.75) is 45.1 Å². The summed E-state index contributed by atoms with van der Waals surface area (Å²) in [5, 5.41) is 5.73. The zero-order valence-electron chi connectivity index (χ0n) is 18.3. The third-order valence-corrected chi connectivity index (χ3v) is 5.98. The highest BCUT2D eigenvalue weighted by molar-refractivity contribution is 5.98. The number of esters is 1. The van der Waals surface area contributed by atoms with Gasteiger partial charge in [-0.2, -0.15) is 0 Å². The van der Waals surface area contributed by atoms with Crippen LogP contribution in [0.4, 0.5) is 4.79 Å². The Labute approximate surface area is 187 Å². The minimum Gasteiger partial charge on any atom is -0.494 e. The molecule has 4 rings (SSSR count). The fourth-order valence-corrected chi connectivity index (χ4v) is 4.35. The van der Waals surface area contributed by atoms with E-state index in [1.165, 1.54) is 23.3 Å². The third-order valence-electron chi connectivity index (χ3n) is 5.98. The number of urea groups is 1. The van der Waals surface area contributed by atoms with Crippen molar-refractivity contribution in [1.29, 1.82) is 0 Å². The van der Waals surface area contributed by atoms with Crippen LogP contribution in [-0.4, -0.2) is 49.1 Å². The van der Waals surface area contributed by atoms with Crippen LogP contribution in [0.3, 0.4) is 0 Å². The Morgan fingerprint density at radius 1 is 1.25 bits per heavy atom. The molecule has 0 unspecified atom stereocenters. The van der Waals surface area contributed by atoms with Crippen LogP contribution in [0.15, 0.2) is 47.2 Å². The highest BCUT2D eigenvalue weighted by Crippen LogP contribution is 2.35. The number of cyclic esters (lactones) is 1. The second kappa shape index (κ2) is 9.89. The van der Waals surface area contributed by atoms with E-state index in [4.69, 9.17) is 9.47 Å². The van der Waals surface area contributed by atoms with E-state index in [0.29, 0.717) is 30.2 Å². The summed E-state index contributed by atoms with van der Waals surface area (Å²) in [5.41, 5.74) is 2.94. The first-order valence-corrected chi connectivity index (χ1v) is 11.2. The summed E-state index contributed by atoms with van der Waals surface area (Å²) in [6.45, 7) is 2.82. The van der Waals surface area contributed by atoms with E-state index in [0.717, 1.165) is 24.8 Å². The Morgan fingerprint density at radius 3 is 2.78 bits per heavy atom. The molecule has 0 fully saturated rings. The zero-order chi connectivity index (χ0) is 22.5. The van der Waals surface area contributed by atoms with Crippen molar-refractivity contribution in [2.75, 3.05) is 26.3 Å². The molecule has 1 atom stereocenters. The molecule has 32 heavy (non-hydrogen) atoms. The van der Waals surface area contributed by atoms with Gasteiger partial charge in [0.05, 0.1) is 23.9 Å². The van der Waals surface area contributed by atoms with Gasteiger partial charge in [0, 0.05) is 6.54 Å². The molecule has 0 saturated carbocycles. The molecular formula is C24H29N3O5. The molecule has 2 aliphatic heterocycles. The van der Waals surface area contributed by atoms with E-state index in [1.807, 2.05) is 19.1 Å². The lowest BCUT2D eigenvalue weighted by atomic mass is 9.95. The Morgan fingerprint density at radius 2 is 2.06 bits per heavy atom. The smallest absolute Gasteiger partial charge is 0.338 e. The number of nitrogens with one attached hydrogen (secondary N) is 2. The first-order valence-electron chi connectivity index (χ1n) is 11.2. The van der Waals surface area contributed by atoms with E-state index in [-0.39, 0.29) is 19.1 Å². The monoisotopic (exact) mass is 439 g/mol. The maximum absolute atomic E-state index is 12.9. The fraction of sp³-hybridized carbons (Fsp3) is 0.458. The van der Waals surface area contributed by atoms with Crippen molar-refractivity contribution in [3.05, 3.63) is 52.7 Å². The molecule has 0 radical (unpaired) electrons. The van der Waals surface area contributed by atoms with E-state index in [1.54, 1.807) is 12.1 Å². The van der Waals surface area contributed by atoms with Gasteiger partial charge in [0.2, 0.25) is 5.91 Å². The number of carbonyl (C=O) groups excluding carboxylic acids is 3. The van der Waals surface area contributed by atoms with Gasteiger partial charge in [-0.1, -0.05) is 23.8 Å². The average Bonchev–Trinajstić information content (AvgIpc) is 3.18. The Hall–Kier alpha value is -3.29. The molecule has 2 heterocycles. The summed E-state index contributed by atoms with van der Waals surface area (Å²) in [7, 11) is 0. The van der Waals surface area contributed by atoms with Gasteiger partial charge in [0.15, 0.2) is 0 Å². The molecule has 8 nitrogen and oxygen atoms in total. The van der Waals surface area contributed by atoms with Crippen molar-refractivity contribution in [3.63, 3.8) is 0 Å². The molecule has 8 heteroatoms. The minimum atomic E-state index is -0.624. The Balaban J connectivity index is 1.44. The van der Waals surface area contributed by atoms with Gasteiger partial charge in [0.25, 0.3) is 0 Å². The zero-order valence-corrected chi connectivity index (χ0v) is 18.3. The number of ether oxygens (including phenoxy) is 2. The van der Waals surface area contributed by atoms with Crippen molar-refractivity contribution in [2.24, 2.45) is 0 Å². The quantitative estimate of drug-likeness (QED) is 0.480. The molecular weight excluding hydrogens is 410 g/mol. The molecule has 2 N–H and O–H groups in total. The number of hydrogen-bond acceptors (Lipinski definition) is 5. The first-order chi connectivity index (χ1) is 15.6. The van der Waals surface area contributed by atoms with Crippen LogP contribution in [0.5, 0.6) is 5.75 Å². The predicted octanol–water partition coefficient (Wildman–Crippen LogP) is 2.97. The fourth-order valence-electron chi connectivity index (χ4n) is 4.35. The molecule has 1 aliphatic carbocycles.